The monoisotopic (exact) mass is 263 g/mol. The zero-order chi connectivity index (χ0) is 13.4. The second-order valence-corrected chi connectivity index (χ2v) is 4.71. The molecule has 0 heterocycles. The predicted octanol–water partition coefficient (Wildman–Crippen LogP) is 1.35. The molecule has 0 fully saturated rings. The van der Waals surface area contributed by atoms with Gasteiger partial charge in [-0.25, -0.2) is 0 Å². The number of aliphatic hydroxyl groups excluding tert-OH is 1. The maximum Gasteiger partial charge on any atom is 0.232 e. The van der Waals surface area contributed by atoms with Crippen molar-refractivity contribution in [1.29, 1.82) is 0 Å². The van der Waals surface area contributed by atoms with E-state index in [0.717, 1.165) is 11.1 Å². The van der Waals surface area contributed by atoms with E-state index in [1.165, 1.54) is 11.8 Å². The molecule has 0 spiro atoms. The molecule has 0 aromatic heterocycles. The fourth-order valence-electron chi connectivity index (χ4n) is 1.48. The highest BCUT2D eigenvalue weighted by Gasteiger charge is 2.08. The third kappa shape index (κ3) is 4.82. The van der Waals surface area contributed by atoms with Crippen LogP contribution in [0.4, 0.5) is 0 Å². The SMILES string of the molecule is CSCC(=O)N(C)Cc1cccc(C#CCO)c1. The molecule has 1 aromatic rings. The van der Waals surface area contributed by atoms with Crippen molar-refractivity contribution < 1.29 is 9.90 Å². The van der Waals surface area contributed by atoms with Crippen molar-refractivity contribution in [2.75, 3.05) is 25.7 Å². The topological polar surface area (TPSA) is 40.5 Å². The van der Waals surface area contributed by atoms with Crippen LogP contribution in [0.3, 0.4) is 0 Å². The summed E-state index contributed by atoms with van der Waals surface area (Å²) in [6, 6.07) is 7.69. The van der Waals surface area contributed by atoms with Crippen LogP contribution in [0.5, 0.6) is 0 Å². The number of carbonyl (C=O) groups excluding carboxylic acids is 1. The Morgan fingerprint density at radius 1 is 1.50 bits per heavy atom. The summed E-state index contributed by atoms with van der Waals surface area (Å²) in [4.78, 5) is 13.4. The minimum atomic E-state index is -0.143. The minimum Gasteiger partial charge on any atom is -0.384 e. The van der Waals surface area contributed by atoms with E-state index in [1.807, 2.05) is 30.5 Å². The molecule has 0 atom stereocenters. The zero-order valence-electron chi connectivity index (χ0n) is 10.6. The van der Waals surface area contributed by atoms with E-state index in [9.17, 15) is 4.79 Å². The van der Waals surface area contributed by atoms with Crippen LogP contribution in [0, 0.1) is 11.8 Å². The summed E-state index contributed by atoms with van der Waals surface area (Å²) in [6.45, 7) is 0.435. The molecular weight excluding hydrogens is 246 g/mol. The highest BCUT2D eigenvalue weighted by Crippen LogP contribution is 2.08. The Labute approximate surface area is 112 Å². The van der Waals surface area contributed by atoms with Crippen molar-refractivity contribution in [3.63, 3.8) is 0 Å². The average molecular weight is 263 g/mol. The van der Waals surface area contributed by atoms with Gasteiger partial charge >= 0.3 is 0 Å². The Kier molecular flexibility index (Phi) is 6.34. The van der Waals surface area contributed by atoms with Crippen LogP contribution in [-0.4, -0.2) is 41.6 Å². The van der Waals surface area contributed by atoms with Gasteiger partial charge in [-0.1, -0.05) is 24.0 Å². The number of benzene rings is 1. The Balaban J connectivity index is 2.70. The summed E-state index contributed by atoms with van der Waals surface area (Å²) < 4.78 is 0. The molecule has 1 aromatic carbocycles. The maximum atomic E-state index is 11.6. The van der Waals surface area contributed by atoms with E-state index in [1.54, 1.807) is 11.9 Å². The number of thioether (sulfide) groups is 1. The van der Waals surface area contributed by atoms with Gasteiger partial charge in [0.15, 0.2) is 0 Å². The van der Waals surface area contributed by atoms with E-state index in [-0.39, 0.29) is 12.5 Å². The van der Waals surface area contributed by atoms with Crippen molar-refractivity contribution in [2.24, 2.45) is 0 Å². The highest BCUT2D eigenvalue weighted by molar-refractivity contribution is 7.99. The molecule has 0 aliphatic rings. The van der Waals surface area contributed by atoms with E-state index in [4.69, 9.17) is 5.11 Å². The molecule has 0 saturated carbocycles. The van der Waals surface area contributed by atoms with Crippen LogP contribution in [0.2, 0.25) is 0 Å². The van der Waals surface area contributed by atoms with E-state index < -0.39 is 0 Å². The third-order valence-electron chi connectivity index (χ3n) is 2.35. The molecule has 1 N–H and O–H groups in total. The number of amides is 1. The molecule has 0 bridgehead atoms. The van der Waals surface area contributed by atoms with Crippen molar-refractivity contribution >= 4 is 17.7 Å². The van der Waals surface area contributed by atoms with Crippen LogP contribution in [0.1, 0.15) is 11.1 Å². The molecule has 0 unspecified atom stereocenters. The predicted molar refractivity (Wildman–Crippen MR) is 75.3 cm³/mol. The third-order valence-corrected chi connectivity index (χ3v) is 2.89. The lowest BCUT2D eigenvalue weighted by atomic mass is 10.1. The lowest BCUT2D eigenvalue weighted by Crippen LogP contribution is -2.27. The van der Waals surface area contributed by atoms with Gasteiger partial charge in [-0.3, -0.25) is 4.79 Å². The second-order valence-electron chi connectivity index (χ2n) is 3.84. The van der Waals surface area contributed by atoms with Gasteiger partial charge in [0.05, 0.1) is 5.75 Å². The molecule has 96 valence electrons. The fraction of sp³-hybridized carbons (Fsp3) is 0.357. The lowest BCUT2D eigenvalue weighted by molar-refractivity contribution is -0.127. The van der Waals surface area contributed by atoms with Crippen molar-refractivity contribution in [1.82, 2.24) is 4.90 Å². The molecule has 1 amide bonds. The summed E-state index contributed by atoms with van der Waals surface area (Å²) in [6.07, 6.45) is 1.91. The van der Waals surface area contributed by atoms with Gasteiger partial charge in [0.25, 0.3) is 0 Å². The van der Waals surface area contributed by atoms with Crippen LogP contribution in [0.15, 0.2) is 24.3 Å². The van der Waals surface area contributed by atoms with Gasteiger partial charge in [0, 0.05) is 19.2 Å². The summed E-state index contributed by atoms with van der Waals surface area (Å²) in [5.41, 5.74) is 1.89. The van der Waals surface area contributed by atoms with Gasteiger partial charge in [0.2, 0.25) is 5.91 Å². The number of nitrogens with zero attached hydrogens (tertiary/aromatic N) is 1. The minimum absolute atomic E-state index is 0.120. The maximum absolute atomic E-state index is 11.6. The molecule has 0 saturated heterocycles. The van der Waals surface area contributed by atoms with Gasteiger partial charge < -0.3 is 10.0 Å². The number of aliphatic hydroxyl groups is 1. The Bertz CT molecular complexity index is 462. The van der Waals surface area contributed by atoms with Crippen LogP contribution in [-0.2, 0) is 11.3 Å². The van der Waals surface area contributed by atoms with E-state index in [2.05, 4.69) is 11.8 Å². The number of hydrogen-bond donors (Lipinski definition) is 1. The summed E-state index contributed by atoms with van der Waals surface area (Å²) >= 11 is 1.52. The van der Waals surface area contributed by atoms with Crippen molar-refractivity contribution in [3.05, 3.63) is 35.4 Å². The van der Waals surface area contributed by atoms with Crippen molar-refractivity contribution in [2.45, 2.75) is 6.54 Å². The summed E-state index contributed by atoms with van der Waals surface area (Å²) in [5, 5.41) is 8.65. The van der Waals surface area contributed by atoms with Crippen molar-refractivity contribution in [3.8, 4) is 11.8 Å². The van der Waals surface area contributed by atoms with Gasteiger partial charge in [-0.05, 0) is 24.0 Å². The lowest BCUT2D eigenvalue weighted by Gasteiger charge is -2.16. The molecule has 0 aliphatic carbocycles. The molecule has 18 heavy (non-hydrogen) atoms. The second kappa shape index (κ2) is 7.80. The first-order valence-corrected chi connectivity index (χ1v) is 6.98. The molecule has 4 heteroatoms. The van der Waals surface area contributed by atoms with Crippen LogP contribution >= 0.6 is 11.8 Å². The van der Waals surface area contributed by atoms with E-state index >= 15 is 0 Å². The number of rotatable bonds is 4. The van der Waals surface area contributed by atoms with Gasteiger partial charge in [-0.2, -0.15) is 11.8 Å². The Morgan fingerprint density at radius 2 is 2.28 bits per heavy atom. The first-order valence-electron chi connectivity index (χ1n) is 5.59. The molecular formula is C14H17NO2S. The summed E-state index contributed by atoms with van der Waals surface area (Å²) in [7, 11) is 1.80. The highest BCUT2D eigenvalue weighted by atomic mass is 32.2. The first kappa shape index (κ1) is 14.6. The quantitative estimate of drug-likeness (QED) is 0.834. The Hall–Kier alpha value is -1.44. The summed E-state index contributed by atoms with van der Waals surface area (Å²) in [5.74, 6) is 6.08. The smallest absolute Gasteiger partial charge is 0.232 e. The van der Waals surface area contributed by atoms with Gasteiger partial charge in [0.1, 0.15) is 6.61 Å². The molecule has 0 aliphatic heterocycles. The van der Waals surface area contributed by atoms with Crippen LogP contribution in [0.25, 0.3) is 0 Å². The normalized spacial score (nSPS) is 9.50. The molecule has 1 rings (SSSR count). The average Bonchev–Trinajstić information content (AvgIpc) is 2.37. The zero-order valence-corrected chi connectivity index (χ0v) is 11.5. The standard InChI is InChI=1S/C14H17NO2S/c1-15(14(17)11-18-2)10-13-6-3-5-12(9-13)7-4-8-16/h3,5-6,9,16H,8,10-11H2,1-2H3. The largest absolute Gasteiger partial charge is 0.384 e. The fourth-order valence-corrected chi connectivity index (χ4v) is 1.95. The first-order chi connectivity index (χ1) is 8.67. The van der Waals surface area contributed by atoms with E-state index in [0.29, 0.717) is 12.3 Å². The molecule has 0 radical (unpaired) electrons. The molecule has 3 nitrogen and oxygen atoms in total. The van der Waals surface area contributed by atoms with Crippen LogP contribution < -0.4 is 0 Å². The number of carbonyl (C=O) groups is 1. The number of hydrogen-bond acceptors (Lipinski definition) is 3. The Morgan fingerprint density at radius 3 is 2.94 bits per heavy atom. The van der Waals surface area contributed by atoms with Gasteiger partial charge in [-0.15, -0.1) is 0 Å².